The zero-order valence-electron chi connectivity index (χ0n) is 8.76. The third-order valence-electron chi connectivity index (χ3n) is 2.62. The number of nitrogens with zero attached hydrogens (tertiary/aromatic N) is 2. The van der Waals surface area contributed by atoms with Crippen molar-refractivity contribution in [1.82, 2.24) is 9.97 Å². The molecule has 3 N–H and O–H groups in total. The molecule has 15 heavy (non-hydrogen) atoms. The zero-order valence-corrected chi connectivity index (χ0v) is 8.76. The van der Waals surface area contributed by atoms with Crippen molar-refractivity contribution in [2.24, 2.45) is 5.73 Å². The predicted octanol–water partition coefficient (Wildman–Crippen LogP) is 0.393. The molecule has 2 rings (SSSR count). The smallest absolute Gasteiger partial charge is 0.144 e. The molecule has 0 spiro atoms. The molecule has 5 heteroatoms. The topological polar surface area (TPSA) is 73.1 Å². The van der Waals surface area contributed by atoms with Crippen molar-refractivity contribution >= 4 is 5.82 Å². The standard InChI is InChI=1S/C10H16N4O/c1-2-15-8-5-7(11)10(8)14-9-6-12-3-4-13-9/h3-4,6-8,10H,2,5,11H2,1H3,(H,13,14). The van der Waals surface area contributed by atoms with Gasteiger partial charge in [-0.3, -0.25) is 4.98 Å². The van der Waals surface area contributed by atoms with E-state index < -0.39 is 0 Å². The minimum absolute atomic E-state index is 0.142. The molecular formula is C10H16N4O. The van der Waals surface area contributed by atoms with Crippen molar-refractivity contribution in [1.29, 1.82) is 0 Å². The first-order chi connectivity index (χ1) is 7.31. The van der Waals surface area contributed by atoms with Crippen molar-refractivity contribution < 1.29 is 4.74 Å². The molecule has 1 saturated carbocycles. The molecule has 3 unspecified atom stereocenters. The first-order valence-corrected chi connectivity index (χ1v) is 5.21. The average Bonchev–Trinajstić information content (AvgIpc) is 2.27. The van der Waals surface area contributed by atoms with Crippen LogP contribution in [0.4, 0.5) is 5.82 Å². The summed E-state index contributed by atoms with van der Waals surface area (Å²) in [7, 11) is 0. The highest BCUT2D eigenvalue weighted by atomic mass is 16.5. The molecule has 1 aromatic heterocycles. The van der Waals surface area contributed by atoms with Crippen molar-refractivity contribution in [2.45, 2.75) is 31.5 Å². The summed E-state index contributed by atoms with van der Waals surface area (Å²) in [6.07, 6.45) is 6.10. The lowest BCUT2D eigenvalue weighted by Gasteiger charge is -2.42. The predicted molar refractivity (Wildman–Crippen MR) is 57.4 cm³/mol. The van der Waals surface area contributed by atoms with Crippen molar-refractivity contribution in [3.8, 4) is 0 Å². The Morgan fingerprint density at radius 2 is 2.47 bits per heavy atom. The number of hydrogen-bond acceptors (Lipinski definition) is 5. The van der Waals surface area contributed by atoms with Crippen LogP contribution in [-0.2, 0) is 4.74 Å². The highest BCUT2D eigenvalue weighted by molar-refractivity contribution is 5.34. The highest BCUT2D eigenvalue weighted by Crippen LogP contribution is 2.25. The Morgan fingerprint density at radius 3 is 3.07 bits per heavy atom. The van der Waals surface area contributed by atoms with Gasteiger partial charge in [0.15, 0.2) is 0 Å². The molecule has 0 saturated heterocycles. The summed E-state index contributed by atoms with van der Waals surface area (Å²) in [6, 6.07) is 0.296. The largest absolute Gasteiger partial charge is 0.376 e. The summed E-state index contributed by atoms with van der Waals surface area (Å²) < 4.78 is 5.54. The van der Waals surface area contributed by atoms with Crippen LogP contribution < -0.4 is 11.1 Å². The van der Waals surface area contributed by atoms with Gasteiger partial charge in [-0.15, -0.1) is 0 Å². The monoisotopic (exact) mass is 208 g/mol. The molecule has 5 nitrogen and oxygen atoms in total. The first kappa shape index (κ1) is 10.3. The van der Waals surface area contributed by atoms with Gasteiger partial charge < -0.3 is 15.8 Å². The molecule has 3 atom stereocenters. The van der Waals surface area contributed by atoms with Gasteiger partial charge >= 0.3 is 0 Å². The summed E-state index contributed by atoms with van der Waals surface area (Å²) >= 11 is 0. The van der Waals surface area contributed by atoms with E-state index in [1.54, 1.807) is 18.6 Å². The van der Waals surface area contributed by atoms with Crippen LogP contribution in [0.15, 0.2) is 18.6 Å². The van der Waals surface area contributed by atoms with Gasteiger partial charge in [0, 0.05) is 25.0 Å². The maximum atomic E-state index is 5.90. The SMILES string of the molecule is CCOC1CC(N)C1Nc1cnccn1. The second kappa shape index (κ2) is 4.55. The van der Waals surface area contributed by atoms with E-state index >= 15 is 0 Å². The molecule has 0 amide bonds. The Bertz CT molecular complexity index is 304. The lowest BCUT2D eigenvalue weighted by Crippen LogP contribution is -2.60. The van der Waals surface area contributed by atoms with Crippen LogP contribution in [0.3, 0.4) is 0 Å². The van der Waals surface area contributed by atoms with Gasteiger partial charge in [0.05, 0.1) is 18.3 Å². The molecule has 0 aromatic carbocycles. The summed E-state index contributed by atoms with van der Waals surface area (Å²) in [5.74, 6) is 0.752. The zero-order chi connectivity index (χ0) is 10.7. The van der Waals surface area contributed by atoms with Gasteiger partial charge in [0.25, 0.3) is 0 Å². The maximum absolute atomic E-state index is 5.90. The van der Waals surface area contributed by atoms with Gasteiger partial charge in [-0.25, -0.2) is 4.98 Å². The molecule has 1 aromatic rings. The van der Waals surface area contributed by atoms with Crippen LogP contribution in [0.1, 0.15) is 13.3 Å². The molecule has 82 valence electrons. The third kappa shape index (κ3) is 2.24. The van der Waals surface area contributed by atoms with Gasteiger partial charge in [-0.2, -0.15) is 0 Å². The number of anilines is 1. The van der Waals surface area contributed by atoms with E-state index in [1.807, 2.05) is 6.92 Å². The van der Waals surface area contributed by atoms with Crippen LogP contribution in [0.5, 0.6) is 0 Å². The molecule has 1 heterocycles. The maximum Gasteiger partial charge on any atom is 0.144 e. The molecule has 1 aliphatic carbocycles. The fourth-order valence-corrected chi connectivity index (χ4v) is 1.77. The molecule has 0 aliphatic heterocycles. The quantitative estimate of drug-likeness (QED) is 0.749. The van der Waals surface area contributed by atoms with Crippen LogP contribution >= 0.6 is 0 Å². The van der Waals surface area contributed by atoms with E-state index in [0.29, 0.717) is 0 Å². The number of nitrogens with one attached hydrogen (secondary N) is 1. The van der Waals surface area contributed by atoms with E-state index in [-0.39, 0.29) is 18.2 Å². The van der Waals surface area contributed by atoms with Gasteiger partial charge in [-0.1, -0.05) is 0 Å². The Kier molecular flexibility index (Phi) is 3.13. The van der Waals surface area contributed by atoms with E-state index in [1.165, 1.54) is 0 Å². The van der Waals surface area contributed by atoms with Gasteiger partial charge in [-0.05, 0) is 13.3 Å². The number of hydrogen-bond donors (Lipinski definition) is 2. The summed E-state index contributed by atoms with van der Waals surface area (Å²) in [5, 5.41) is 3.24. The second-order valence-electron chi connectivity index (χ2n) is 3.65. The number of rotatable bonds is 4. The Morgan fingerprint density at radius 1 is 1.60 bits per heavy atom. The minimum Gasteiger partial charge on any atom is -0.376 e. The normalized spacial score (nSPS) is 29.6. The van der Waals surface area contributed by atoms with Crippen LogP contribution in [0.2, 0.25) is 0 Å². The van der Waals surface area contributed by atoms with E-state index in [9.17, 15) is 0 Å². The Balaban J connectivity index is 1.93. The average molecular weight is 208 g/mol. The summed E-state index contributed by atoms with van der Waals surface area (Å²) in [6.45, 7) is 2.71. The number of nitrogens with two attached hydrogens (primary N) is 1. The second-order valence-corrected chi connectivity index (χ2v) is 3.65. The lowest BCUT2D eigenvalue weighted by atomic mass is 9.83. The highest BCUT2D eigenvalue weighted by Gasteiger charge is 2.39. The summed E-state index contributed by atoms with van der Waals surface area (Å²) in [4.78, 5) is 8.13. The fraction of sp³-hybridized carbons (Fsp3) is 0.600. The van der Waals surface area contributed by atoms with Crippen molar-refractivity contribution in [3.63, 3.8) is 0 Å². The van der Waals surface area contributed by atoms with E-state index in [4.69, 9.17) is 10.5 Å². The van der Waals surface area contributed by atoms with Crippen LogP contribution in [0.25, 0.3) is 0 Å². The molecule has 1 fully saturated rings. The van der Waals surface area contributed by atoms with Gasteiger partial charge in [0.1, 0.15) is 5.82 Å². The fourth-order valence-electron chi connectivity index (χ4n) is 1.77. The molecule has 0 bridgehead atoms. The number of aromatic nitrogens is 2. The minimum atomic E-state index is 0.142. The van der Waals surface area contributed by atoms with Gasteiger partial charge in [0.2, 0.25) is 0 Å². The van der Waals surface area contributed by atoms with E-state index in [0.717, 1.165) is 18.8 Å². The van der Waals surface area contributed by atoms with Crippen LogP contribution in [-0.4, -0.2) is 34.8 Å². The molecular weight excluding hydrogens is 192 g/mol. The lowest BCUT2D eigenvalue weighted by molar-refractivity contribution is -0.0127. The number of ether oxygens (including phenoxy) is 1. The van der Waals surface area contributed by atoms with Crippen molar-refractivity contribution in [2.75, 3.05) is 11.9 Å². The Hall–Kier alpha value is -1.20. The first-order valence-electron chi connectivity index (χ1n) is 5.21. The molecule has 1 aliphatic rings. The Labute approximate surface area is 89.1 Å². The third-order valence-corrected chi connectivity index (χ3v) is 2.62. The van der Waals surface area contributed by atoms with Crippen molar-refractivity contribution in [3.05, 3.63) is 18.6 Å². The summed E-state index contributed by atoms with van der Waals surface area (Å²) in [5.41, 5.74) is 5.90. The van der Waals surface area contributed by atoms with E-state index in [2.05, 4.69) is 15.3 Å². The molecule has 0 radical (unpaired) electrons. The van der Waals surface area contributed by atoms with Crippen LogP contribution in [0, 0.1) is 0 Å².